The Balaban J connectivity index is 1.74. The van der Waals surface area contributed by atoms with E-state index >= 15 is 0 Å². The van der Waals surface area contributed by atoms with E-state index in [1.807, 2.05) is 51.1 Å². The Morgan fingerprint density at radius 3 is 2.31 bits per heavy atom. The van der Waals surface area contributed by atoms with Gasteiger partial charge in [-0.2, -0.15) is 4.31 Å². The van der Waals surface area contributed by atoms with E-state index in [1.54, 1.807) is 12.1 Å². The van der Waals surface area contributed by atoms with Gasteiger partial charge in [0.1, 0.15) is 0 Å². The highest BCUT2D eigenvalue weighted by atomic mass is 32.2. The number of rotatable bonds is 6. The molecule has 1 heterocycles. The van der Waals surface area contributed by atoms with E-state index in [1.165, 1.54) is 10.4 Å². The standard InChI is InChI=1S/C22H29N3O3S/c1-17(2)16-23-22(26)21-15-20(10-9-18(21)3)29(27,28)25-13-11-24(12-14-25)19-7-5-4-6-8-19/h4-10,15,17H,11-14,16H2,1-3H3,(H,23,26). The molecule has 1 aliphatic rings. The number of hydrogen-bond donors (Lipinski definition) is 1. The lowest BCUT2D eigenvalue weighted by Gasteiger charge is -2.35. The lowest BCUT2D eigenvalue weighted by molar-refractivity contribution is 0.0948. The van der Waals surface area contributed by atoms with Gasteiger partial charge in [-0.1, -0.05) is 38.1 Å². The molecule has 0 bridgehead atoms. The van der Waals surface area contributed by atoms with Crippen molar-refractivity contribution in [2.24, 2.45) is 5.92 Å². The fourth-order valence-corrected chi connectivity index (χ4v) is 4.82. The van der Waals surface area contributed by atoms with E-state index in [2.05, 4.69) is 10.2 Å². The first-order valence-corrected chi connectivity index (χ1v) is 11.4. The van der Waals surface area contributed by atoms with Crippen LogP contribution in [0, 0.1) is 12.8 Å². The molecule has 2 aromatic carbocycles. The minimum atomic E-state index is -3.65. The number of sulfonamides is 1. The smallest absolute Gasteiger partial charge is 0.251 e. The number of amides is 1. The third kappa shape index (κ3) is 4.97. The fourth-order valence-electron chi connectivity index (χ4n) is 3.37. The Bertz CT molecular complexity index is 951. The molecule has 156 valence electrons. The zero-order chi connectivity index (χ0) is 21.0. The van der Waals surface area contributed by atoms with Crippen molar-refractivity contribution in [1.29, 1.82) is 0 Å². The maximum atomic E-state index is 13.2. The predicted octanol–water partition coefficient (Wildman–Crippen LogP) is 2.89. The van der Waals surface area contributed by atoms with Crippen LogP contribution in [0.15, 0.2) is 53.4 Å². The van der Waals surface area contributed by atoms with Gasteiger partial charge in [-0.25, -0.2) is 8.42 Å². The Kier molecular flexibility index (Phi) is 6.59. The zero-order valence-corrected chi connectivity index (χ0v) is 18.1. The molecule has 1 aliphatic heterocycles. The second kappa shape index (κ2) is 8.97. The third-order valence-corrected chi connectivity index (χ3v) is 7.02. The zero-order valence-electron chi connectivity index (χ0n) is 17.3. The number of nitrogens with one attached hydrogen (secondary N) is 1. The second-order valence-electron chi connectivity index (χ2n) is 7.81. The second-order valence-corrected chi connectivity index (χ2v) is 9.75. The number of piperazine rings is 1. The maximum absolute atomic E-state index is 13.2. The Labute approximate surface area is 173 Å². The van der Waals surface area contributed by atoms with Gasteiger partial charge in [-0.3, -0.25) is 4.79 Å². The summed E-state index contributed by atoms with van der Waals surface area (Å²) in [7, 11) is -3.65. The maximum Gasteiger partial charge on any atom is 0.251 e. The normalized spacial score (nSPS) is 15.5. The average molecular weight is 416 g/mol. The highest BCUT2D eigenvalue weighted by molar-refractivity contribution is 7.89. The van der Waals surface area contributed by atoms with E-state index in [0.717, 1.165) is 11.3 Å². The summed E-state index contributed by atoms with van der Waals surface area (Å²) in [6.07, 6.45) is 0. The van der Waals surface area contributed by atoms with E-state index in [-0.39, 0.29) is 10.8 Å². The lowest BCUT2D eigenvalue weighted by Crippen LogP contribution is -2.48. The van der Waals surface area contributed by atoms with Crippen LogP contribution < -0.4 is 10.2 Å². The van der Waals surface area contributed by atoms with Gasteiger partial charge in [0, 0.05) is 44.0 Å². The molecule has 3 rings (SSSR count). The topological polar surface area (TPSA) is 69.7 Å². The van der Waals surface area contributed by atoms with E-state index in [4.69, 9.17) is 0 Å². The van der Waals surface area contributed by atoms with Gasteiger partial charge in [0.05, 0.1) is 4.90 Å². The largest absolute Gasteiger partial charge is 0.369 e. The van der Waals surface area contributed by atoms with Crippen molar-refractivity contribution < 1.29 is 13.2 Å². The number of aryl methyl sites for hydroxylation is 1. The molecule has 6 nitrogen and oxygen atoms in total. The summed E-state index contributed by atoms with van der Waals surface area (Å²) in [5.41, 5.74) is 2.28. The van der Waals surface area contributed by atoms with Crippen LogP contribution >= 0.6 is 0 Å². The first kappa shape index (κ1) is 21.3. The first-order valence-electron chi connectivity index (χ1n) is 9.98. The Hall–Kier alpha value is -2.38. The minimum Gasteiger partial charge on any atom is -0.369 e. The van der Waals surface area contributed by atoms with E-state index in [9.17, 15) is 13.2 Å². The number of anilines is 1. The van der Waals surface area contributed by atoms with Gasteiger partial charge < -0.3 is 10.2 Å². The molecule has 0 aromatic heterocycles. The Morgan fingerprint density at radius 1 is 1.03 bits per heavy atom. The van der Waals surface area contributed by atoms with E-state index < -0.39 is 10.0 Å². The van der Waals surface area contributed by atoms with Crippen molar-refractivity contribution in [1.82, 2.24) is 9.62 Å². The molecule has 1 N–H and O–H groups in total. The molecule has 0 spiro atoms. The SMILES string of the molecule is Cc1ccc(S(=O)(=O)N2CCN(c3ccccc3)CC2)cc1C(=O)NCC(C)C. The molecule has 1 fully saturated rings. The van der Waals surface area contributed by atoms with Crippen LogP contribution in [0.1, 0.15) is 29.8 Å². The van der Waals surface area contributed by atoms with Crippen LogP contribution in [0.4, 0.5) is 5.69 Å². The molecule has 29 heavy (non-hydrogen) atoms. The lowest BCUT2D eigenvalue weighted by atomic mass is 10.1. The van der Waals surface area contributed by atoms with Crippen LogP contribution in [-0.4, -0.2) is 51.4 Å². The number of benzene rings is 2. The van der Waals surface area contributed by atoms with Crippen molar-refractivity contribution in [2.75, 3.05) is 37.6 Å². The summed E-state index contributed by atoms with van der Waals surface area (Å²) >= 11 is 0. The first-order chi connectivity index (χ1) is 13.8. The van der Waals surface area contributed by atoms with Gasteiger partial charge in [-0.05, 0) is 42.7 Å². The number of hydrogen-bond acceptors (Lipinski definition) is 4. The average Bonchev–Trinajstić information content (AvgIpc) is 2.73. The number of carbonyl (C=O) groups excluding carboxylic acids is 1. The number of carbonyl (C=O) groups is 1. The molecule has 0 aliphatic carbocycles. The summed E-state index contributed by atoms with van der Waals surface area (Å²) in [5, 5.41) is 2.87. The van der Waals surface area contributed by atoms with Crippen LogP contribution in [0.2, 0.25) is 0 Å². The van der Waals surface area contributed by atoms with Crippen molar-refractivity contribution in [3.05, 3.63) is 59.7 Å². The summed E-state index contributed by atoms with van der Waals surface area (Å²) in [5.74, 6) is 0.0919. The van der Waals surface area contributed by atoms with Crippen LogP contribution in [0.25, 0.3) is 0 Å². The highest BCUT2D eigenvalue weighted by Crippen LogP contribution is 2.23. The molecule has 0 unspecified atom stereocenters. The van der Waals surface area contributed by atoms with Gasteiger partial charge in [0.25, 0.3) is 5.91 Å². The molecule has 2 aromatic rings. The molecule has 0 atom stereocenters. The summed E-state index contributed by atoms with van der Waals surface area (Å²) in [6.45, 7) is 8.51. The van der Waals surface area contributed by atoms with E-state index in [0.29, 0.717) is 44.2 Å². The summed E-state index contributed by atoms with van der Waals surface area (Å²) < 4.78 is 27.8. The van der Waals surface area contributed by atoms with Crippen molar-refractivity contribution in [2.45, 2.75) is 25.7 Å². The van der Waals surface area contributed by atoms with Gasteiger partial charge >= 0.3 is 0 Å². The van der Waals surface area contributed by atoms with Gasteiger partial charge in [-0.15, -0.1) is 0 Å². The van der Waals surface area contributed by atoms with Crippen molar-refractivity contribution in [3.8, 4) is 0 Å². The summed E-state index contributed by atoms with van der Waals surface area (Å²) in [4.78, 5) is 14.9. The number of para-hydroxylation sites is 1. The molecular formula is C22H29N3O3S. The van der Waals surface area contributed by atoms with Crippen molar-refractivity contribution in [3.63, 3.8) is 0 Å². The highest BCUT2D eigenvalue weighted by Gasteiger charge is 2.29. The molecule has 7 heteroatoms. The summed E-state index contributed by atoms with van der Waals surface area (Å²) in [6, 6.07) is 14.8. The van der Waals surface area contributed by atoms with Gasteiger partial charge in [0.2, 0.25) is 10.0 Å². The monoisotopic (exact) mass is 415 g/mol. The third-order valence-electron chi connectivity index (χ3n) is 5.12. The minimum absolute atomic E-state index is 0.172. The quantitative estimate of drug-likeness (QED) is 0.788. The van der Waals surface area contributed by atoms with Gasteiger partial charge in [0.15, 0.2) is 0 Å². The van der Waals surface area contributed by atoms with Crippen LogP contribution in [-0.2, 0) is 10.0 Å². The fraction of sp³-hybridized carbons (Fsp3) is 0.409. The molecular weight excluding hydrogens is 386 g/mol. The molecule has 1 amide bonds. The van der Waals surface area contributed by atoms with Crippen LogP contribution in [0.5, 0.6) is 0 Å². The molecule has 0 saturated carbocycles. The predicted molar refractivity (Wildman–Crippen MR) is 116 cm³/mol. The molecule has 0 radical (unpaired) electrons. The van der Waals surface area contributed by atoms with Crippen molar-refractivity contribution >= 4 is 21.6 Å². The number of nitrogens with zero attached hydrogens (tertiary/aromatic N) is 2. The Morgan fingerprint density at radius 2 is 1.69 bits per heavy atom. The molecule has 1 saturated heterocycles. The van der Waals surface area contributed by atoms with Crippen LogP contribution in [0.3, 0.4) is 0 Å².